The number of ether oxygens (including phenoxy) is 5. The normalized spacial score (nSPS) is 9.88. The van der Waals surface area contributed by atoms with Crippen molar-refractivity contribution in [2.24, 2.45) is 0 Å². The topological polar surface area (TPSA) is 72.2 Å². The van der Waals surface area contributed by atoms with Crippen molar-refractivity contribution in [1.29, 1.82) is 0 Å². The summed E-state index contributed by atoms with van der Waals surface area (Å²) < 4.78 is 25.7. The largest absolute Gasteiger partial charge is 0.493 e. The molecule has 1 aromatic carbocycles. The monoisotopic (exact) mass is 243 g/mol. The van der Waals surface area contributed by atoms with Gasteiger partial charge in [-0.05, 0) is 0 Å². The molecule has 0 saturated heterocycles. The van der Waals surface area contributed by atoms with Crippen LogP contribution in [-0.4, -0.2) is 35.2 Å². The van der Waals surface area contributed by atoms with Gasteiger partial charge >= 0.3 is 0 Å². The lowest BCUT2D eigenvalue weighted by Crippen LogP contribution is -2.05. The van der Waals surface area contributed by atoms with Crippen LogP contribution in [-0.2, 0) is 4.74 Å². The molecule has 17 heavy (non-hydrogen) atoms. The first-order valence-corrected chi connectivity index (χ1v) is 4.89. The fourth-order valence-corrected chi connectivity index (χ4v) is 1.42. The molecule has 0 aliphatic heterocycles. The molecule has 0 aliphatic rings. The van der Waals surface area contributed by atoms with Gasteiger partial charge in [-0.1, -0.05) is 0 Å². The highest BCUT2D eigenvalue weighted by Crippen LogP contribution is 2.47. The molecule has 0 aromatic heterocycles. The lowest BCUT2D eigenvalue weighted by Gasteiger charge is -2.17. The first-order valence-electron chi connectivity index (χ1n) is 4.89. The van der Waals surface area contributed by atoms with Gasteiger partial charge in [0.05, 0.1) is 27.0 Å². The van der Waals surface area contributed by atoms with Gasteiger partial charge in [0.15, 0.2) is 18.3 Å². The summed E-state index contributed by atoms with van der Waals surface area (Å²) in [7, 11) is 6.04. The van der Waals surface area contributed by atoms with E-state index in [0.717, 1.165) is 0 Å². The van der Waals surface area contributed by atoms with Crippen molar-refractivity contribution >= 4 is 5.69 Å². The van der Waals surface area contributed by atoms with Crippen LogP contribution in [0.1, 0.15) is 0 Å². The molecule has 6 heteroatoms. The minimum atomic E-state index is 0.0655. The van der Waals surface area contributed by atoms with Crippen LogP contribution in [0.3, 0.4) is 0 Å². The van der Waals surface area contributed by atoms with Gasteiger partial charge in [0.2, 0.25) is 11.5 Å². The van der Waals surface area contributed by atoms with Gasteiger partial charge < -0.3 is 29.4 Å². The second kappa shape index (κ2) is 6.05. The van der Waals surface area contributed by atoms with E-state index in [0.29, 0.717) is 28.7 Å². The van der Waals surface area contributed by atoms with Crippen molar-refractivity contribution in [2.45, 2.75) is 0 Å². The first-order chi connectivity index (χ1) is 8.19. The van der Waals surface area contributed by atoms with E-state index in [1.165, 1.54) is 28.4 Å². The highest BCUT2D eigenvalue weighted by atomic mass is 16.7. The van der Waals surface area contributed by atoms with Crippen molar-refractivity contribution in [1.82, 2.24) is 0 Å². The summed E-state index contributed by atoms with van der Waals surface area (Å²) in [4.78, 5) is 0. The number of hydrogen-bond donors (Lipinski definition) is 1. The summed E-state index contributed by atoms with van der Waals surface area (Å²) in [6.45, 7) is 0.0655. The number of nitrogen functional groups attached to an aromatic ring is 1. The minimum Gasteiger partial charge on any atom is -0.493 e. The Hall–Kier alpha value is -1.82. The molecule has 0 heterocycles. The summed E-state index contributed by atoms with van der Waals surface area (Å²) >= 11 is 0. The third-order valence-corrected chi connectivity index (χ3v) is 2.13. The second-order valence-electron chi connectivity index (χ2n) is 3.11. The number of benzene rings is 1. The van der Waals surface area contributed by atoms with E-state index in [2.05, 4.69) is 0 Å². The van der Waals surface area contributed by atoms with Gasteiger partial charge in [0.25, 0.3) is 0 Å². The number of nitrogens with two attached hydrogens (primary N) is 1. The lowest BCUT2D eigenvalue weighted by molar-refractivity contribution is 0.0494. The third kappa shape index (κ3) is 2.65. The molecule has 6 nitrogen and oxygen atoms in total. The van der Waals surface area contributed by atoms with Crippen LogP contribution in [0, 0.1) is 0 Å². The zero-order valence-electron chi connectivity index (χ0n) is 10.4. The van der Waals surface area contributed by atoms with Crippen molar-refractivity contribution in [2.75, 3.05) is 41.0 Å². The van der Waals surface area contributed by atoms with E-state index in [1.807, 2.05) is 0 Å². The molecule has 1 aromatic rings. The van der Waals surface area contributed by atoms with E-state index >= 15 is 0 Å². The maximum absolute atomic E-state index is 5.84. The van der Waals surface area contributed by atoms with Gasteiger partial charge in [0.1, 0.15) is 0 Å². The Kier molecular flexibility index (Phi) is 4.71. The third-order valence-electron chi connectivity index (χ3n) is 2.13. The molecule has 96 valence electrons. The molecule has 0 fully saturated rings. The standard InChI is InChI=1S/C11H17NO5/c1-13-6-17-9-7(12)5-8(14-2)10(15-3)11(9)16-4/h5H,6,12H2,1-4H3. The maximum Gasteiger partial charge on any atom is 0.209 e. The molecule has 0 bridgehead atoms. The molecular weight excluding hydrogens is 226 g/mol. The Bertz CT molecular complexity index is 381. The number of anilines is 1. The van der Waals surface area contributed by atoms with Gasteiger partial charge in [0, 0.05) is 13.2 Å². The van der Waals surface area contributed by atoms with Crippen LogP contribution < -0.4 is 24.7 Å². The molecule has 1 rings (SSSR count). The van der Waals surface area contributed by atoms with Crippen molar-refractivity contribution in [3.63, 3.8) is 0 Å². The Morgan fingerprint density at radius 1 is 0.941 bits per heavy atom. The summed E-state index contributed by atoms with van der Waals surface area (Å²) in [5.74, 6) is 1.65. The van der Waals surface area contributed by atoms with Crippen LogP contribution in [0.4, 0.5) is 5.69 Å². The fraction of sp³-hybridized carbons (Fsp3) is 0.455. The fourth-order valence-electron chi connectivity index (χ4n) is 1.42. The minimum absolute atomic E-state index is 0.0655. The molecular formula is C11H17NO5. The van der Waals surface area contributed by atoms with Crippen LogP contribution in [0.2, 0.25) is 0 Å². The van der Waals surface area contributed by atoms with Crippen LogP contribution in [0.25, 0.3) is 0 Å². The van der Waals surface area contributed by atoms with Crippen LogP contribution >= 0.6 is 0 Å². The van der Waals surface area contributed by atoms with E-state index in [-0.39, 0.29) is 6.79 Å². The first kappa shape index (κ1) is 13.2. The summed E-state index contributed by atoms with van der Waals surface area (Å²) in [6.07, 6.45) is 0. The summed E-state index contributed by atoms with van der Waals surface area (Å²) in [6, 6.07) is 1.60. The quantitative estimate of drug-likeness (QED) is 0.599. The average molecular weight is 243 g/mol. The molecule has 0 unspecified atom stereocenters. The molecule has 0 aliphatic carbocycles. The Morgan fingerprint density at radius 2 is 1.59 bits per heavy atom. The molecule has 0 saturated carbocycles. The van der Waals surface area contributed by atoms with Crippen molar-refractivity contribution in [3.05, 3.63) is 6.07 Å². The highest BCUT2D eigenvalue weighted by Gasteiger charge is 2.20. The van der Waals surface area contributed by atoms with E-state index < -0.39 is 0 Å². The maximum atomic E-state index is 5.84. The van der Waals surface area contributed by atoms with E-state index in [9.17, 15) is 0 Å². The zero-order valence-corrected chi connectivity index (χ0v) is 10.4. The smallest absolute Gasteiger partial charge is 0.209 e. The molecule has 0 radical (unpaired) electrons. The molecule has 0 spiro atoms. The second-order valence-corrected chi connectivity index (χ2v) is 3.11. The van der Waals surface area contributed by atoms with Gasteiger partial charge in [-0.15, -0.1) is 0 Å². The van der Waals surface area contributed by atoms with Crippen molar-refractivity contribution in [3.8, 4) is 23.0 Å². The van der Waals surface area contributed by atoms with Crippen LogP contribution in [0.5, 0.6) is 23.0 Å². The summed E-state index contributed by atoms with van der Waals surface area (Å²) in [5, 5.41) is 0. The number of methoxy groups -OCH3 is 4. The average Bonchev–Trinajstić information content (AvgIpc) is 2.35. The van der Waals surface area contributed by atoms with Gasteiger partial charge in [-0.2, -0.15) is 0 Å². The zero-order chi connectivity index (χ0) is 12.8. The molecule has 2 N–H and O–H groups in total. The predicted molar refractivity (Wildman–Crippen MR) is 63.0 cm³/mol. The SMILES string of the molecule is COCOc1c(N)cc(OC)c(OC)c1OC. The predicted octanol–water partition coefficient (Wildman–Crippen LogP) is 1.28. The molecule has 0 amide bonds. The van der Waals surface area contributed by atoms with Gasteiger partial charge in [-0.25, -0.2) is 0 Å². The Balaban J connectivity index is 3.27. The summed E-state index contributed by atoms with van der Waals surface area (Å²) in [5.41, 5.74) is 6.23. The Morgan fingerprint density at radius 3 is 2.06 bits per heavy atom. The highest BCUT2D eigenvalue weighted by molar-refractivity contribution is 5.71. The van der Waals surface area contributed by atoms with Crippen molar-refractivity contribution < 1.29 is 23.7 Å². The lowest BCUT2D eigenvalue weighted by atomic mass is 10.2. The number of rotatable bonds is 6. The van der Waals surface area contributed by atoms with E-state index in [1.54, 1.807) is 6.07 Å². The van der Waals surface area contributed by atoms with Crippen LogP contribution in [0.15, 0.2) is 6.07 Å². The Labute approximate surface area is 100 Å². The molecule has 0 atom stereocenters. The van der Waals surface area contributed by atoms with E-state index in [4.69, 9.17) is 29.4 Å². The number of hydrogen-bond acceptors (Lipinski definition) is 6. The van der Waals surface area contributed by atoms with Gasteiger partial charge in [-0.3, -0.25) is 0 Å².